The molecule has 0 amide bonds. The number of carbonyl (C=O) groups excluding carboxylic acids is 1. The molecule has 1 saturated carbocycles. The van der Waals surface area contributed by atoms with Crippen molar-refractivity contribution in [1.82, 2.24) is 9.55 Å². The van der Waals surface area contributed by atoms with Crippen LogP contribution in [-0.4, -0.2) is 15.3 Å². The van der Waals surface area contributed by atoms with Gasteiger partial charge < -0.3 is 4.57 Å². The summed E-state index contributed by atoms with van der Waals surface area (Å²) >= 11 is 6.46. The van der Waals surface area contributed by atoms with Crippen molar-refractivity contribution in [3.05, 3.63) is 98.7 Å². The maximum absolute atomic E-state index is 12.4. The number of ketones is 1. The van der Waals surface area contributed by atoms with Gasteiger partial charge in [0.2, 0.25) is 0 Å². The molecular weight excluding hydrogens is 372 g/mol. The van der Waals surface area contributed by atoms with Gasteiger partial charge in [-0.15, -0.1) is 0 Å². The summed E-state index contributed by atoms with van der Waals surface area (Å²) in [6.07, 6.45) is 8.99. The van der Waals surface area contributed by atoms with Crippen LogP contribution >= 0.6 is 11.6 Å². The van der Waals surface area contributed by atoms with Gasteiger partial charge in [-0.3, -0.25) is 14.6 Å². The highest BCUT2D eigenvalue weighted by Gasteiger charge is 2.26. The van der Waals surface area contributed by atoms with E-state index in [2.05, 4.69) is 4.98 Å². The van der Waals surface area contributed by atoms with Crippen LogP contribution < -0.4 is 5.56 Å². The first-order chi connectivity index (χ1) is 13.6. The Morgan fingerprint density at radius 2 is 1.96 bits per heavy atom. The molecule has 1 aliphatic carbocycles. The highest BCUT2D eigenvalue weighted by Crippen LogP contribution is 2.30. The number of hydrogen-bond donors (Lipinski definition) is 0. The Balaban J connectivity index is 1.50. The van der Waals surface area contributed by atoms with Crippen molar-refractivity contribution in [2.45, 2.75) is 32.2 Å². The smallest absolute Gasteiger partial charge is 0.250 e. The Labute approximate surface area is 168 Å². The van der Waals surface area contributed by atoms with E-state index in [1.54, 1.807) is 29.2 Å². The molecule has 0 spiro atoms. The van der Waals surface area contributed by atoms with Gasteiger partial charge >= 0.3 is 0 Å². The van der Waals surface area contributed by atoms with Gasteiger partial charge in [-0.2, -0.15) is 0 Å². The lowest BCUT2D eigenvalue weighted by Crippen LogP contribution is -2.22. The predicted molar refractivity (Wildman–Crippen MR) is 110 cm³/mol. The fourth-order valence-electron chi connectivity index (χ4n) is 3.46. The van der Waals surface area contributed by atoms with Crippen LogP contribution in [0, 0.1) is 5.92 Å². The number of aromatic nitrogens is 2. The Morgan fingerprint density at radius 1 is 1.11 bits per heavy atom. The number of carbonyl (C=O) groups is 1. The maximum Gasteiger partial charge on any atom is 0.250 e. The van der Waals surface area contributed by atoms with Crippen molar-refractivity contribution in [2.24, 2.45) is 5.92 Å². The molecule has 3 aromatic rings. The molecule has 4 nitrogen and oxygen atoms in total. The molecule has 1 aromatic carbocycles. The monoisotopic (exact) mass is 392 g/mol. The van der Waals surface area contributed by atoms with Crippen LogP contribution in [0.15, 0.2) is 65.8 Å². The zero-order valence-corrected chi connectivity index (χ0v) is 16.2. The second-order valence-corrected chi connectivity index (χ2v) is 7.75. The fourth-order valence-corrected chi connectivity index (χ4v) is 3.73. The van der Waals surface area contributed by atoms with Gasteiger partial charge in [0.05, 0.1) is 6.54 Å². The van der Waals surface area contributed by atoms with Crippen LogP contribution in [0.4, 0.5) is 0 Å². The molecule has 0 unspecified atom stereocenters. The molecule has 0 N–H and O–H groups in total. The highest BCUT2D eigenvalue weighted by molar-refractivity contribution is 6.31. The van der Waals surface area contributed by atoms with E-state index in [0.29, 0.717) is 23.6 Å². The van der Waals surface area contributed by atoms with Gasteiger partial charge in [-0.1, -0.05) is 36.2 Å². The van der Waals surface area contributed by atoms with Crippen molar-refractivity contribution in [3.63, 3.8) is 0 Å². The van der Waals surface area contributed by atoms with Gasteiger partial charge in [0.15, 0.2) is 5.78 Å². The maximum atomic E-state index is 12.4. The number of benzene rings is 1. The third kappa shape index (κ3) is 4.07. The highest BCUT2D eigenvalue weighted by atomic mass is 35.5. The van der Waals surface area contributed by atoms with Crippen molar-refractivity contribution in [1.29, 1.82) is 0 Å². The van der Waals surface area contributed by atoms with Gasteiger partial charge in [-0.05, 0) is 54.2 Å². The molecule has 4 rings (SSSR count). The zero-order chi connectivity index (χ0) is 19.5. The van der Waals surface area contributed by atoms with Crippen LogP contribution in [0.25, 0.3) is 0 Å². The summed E-state index contributed by atoms with van der Waals surface area (Å²) in [4.78, 5) is 28.6. The standard InChI is InChI=1S/C23H21ClN2O2/c24-21-12-16(7-8-19(21)15-26-9-2-1-6-22(26)27)10-17-11-20(14-25-13-17)23(28)18-4-3-5-18/h1-2,6-9,11-14,18H,3-5,10,15H2. The van der Waals surface area contributed by atoms with Crippen LogP contribution in [-0.2, 0) is 13.0 Å². The number of hydrogen-bond acceptors (Lipinski definition) is 3. The van der Waals surface area contributed by atoms with Crippen molar-refractivity contribution in [2.75, 3.05) is 0 Å². The Hall–Kier alpha value is -2.72. The first kappa shape index (κ1) is 18.6. The van der Waals surface area contributed by atoms with E-state index in [1.807, 2.05) is 30.3 Å². The summed E-state index contributed by atoms with van der Waals surface area (Å²) < 4.78 is 1.63. The van der Waals surface area contributed by atoms with Crippen molar-refractivity contribution in [3.8, 4) is 0 Å². The lowest BCUT2D eigenvalue weighted by atomic mass is 9.80. The van der Waals surface area contributed by atoms with E-state index in [1.165, 1.54) is 6.07 Å². The van der Waals surface area contributed by atoms with E-state index in [4.69, 9.17) is 11.6 Å². The largest absolute Gasteiger partial charge is 0.311 e. The van der Waals surface area contributed by atoms with Gasteiger partial charge in [0.25, 0.3) is 5.56 Å². The number of nitrogens with zero attached hydrogens (tertiary/aromatic N) is 2. The predicted octanol–water partition coefficient (Wildman–Crippen LogP) is 4.52. The van der Waals surface area contributed by atoms with E-state index in [9.17, 15) is 9.59 Å². The van der Waals surface area contributed by atoms with Gasteiger partial charge in [0.1, 0.15) is 0 Å². The van der Waals surface area contributed by atoms with Crippen LogP contribution in [0.1, 0.15) is 46.3 Å². The van der Waals surface area contributed by atoms with E-state index in [-0.39, 0.29) is 17.3 Å². The third-order valence-electron chi connectivity index (χ3n) is 5.32. The molecule has 28 heavy (non-hydrogen) atoms. The second kappa shape index (κ2) is 8.11. The number of Topliss-reactive ketones (excluding diaryl/α,β-unsaturated/α-hetero) is 1. The lowest BCUT2D eigenvalue weighted by Gasteiger charge is -2.23. The fraction of sp³-hybridized carbons (Fsp3) is 0.261. The Bertz CT molecular complexity index is 1070. The SMILES string of the molecule is O=C(c1cncc(Cc2ccc(Cn3ccccc3=O)c(Cl)c2)c1)C1CCC1. The summed E-state index contributed by atoms with van der Waals surface area (Å²) in [7, 11) is 0. The average Bonchev–Trinajstić information content (AvgIpc) is 2.64. The van der Waals surface area contributed by atoms with Crippen molar-refractivity contribution < 1.29 is 4.79 Å². The van der Waals surface area contributed by atoms with Crippen LogP contribution in [0.3, 0.4) is 0 Å². The average molecular weight is 393 g/mol. The minimum atomic E-state index is -0.0540. The summed E-state index contributed by atoms with van der Waals surface area (Å²) in [6.45, 7) is 0.436. The Kier molecular flexibility index (Phi) is 5.40. The third-order valence-corrected chi connectivity index (χ3v) is 5.67. The molecule has 1 aliphatic rings. The summed E-state index contributed by atoms with van der Waals surface area (Å²) in [5, 5.41) is 0.628. The second-order valence-electron chi connectivity index (χ2n) is 7.34. The molecule has 0 saturated heterocycles. The molecule has 0 atom stereocenters. The zero-order valence-electron chi connectivity index (χ0n) is 15.5. The number of pyridine rings is 2. The molecule has 2 aromatic heterocycles. The molecule has 0 aliphatic heterocycles. The van der Waals surface area contributed by atoms with Gasteiger partial charge in [-0.25, -0.2) is 0 Å². The molecular formula is C23H21ClN2O2. The minimum Gasteiger partial charge on any atom is -0.311 e. The van der Waals surface area contributed by atoms with Crippen LogP contribution in [0.2, 0.25) is 5.02 Å². The molecule has 0 bridgehead atoms. The van der Waals surface area contributed by atoms with E-state index in [0.717, 1.165) is 36.0 Å². The molecule has 0 radical (unpaired) electrons. The summed E-state index contributed by atoms with van der Waals surface area (Å²) in [5.74, 6) is 0.384. The molecule has 5 heteroatoms. The molecule has 142 valence electrons. The minimum absolute atomic E-state index is 0.0540. The normalized spacial score (nSPS) is 13.9. The van der Waals surface area contributed by atoms with E-state index >= 15 is 0 Å². The Morgan fingerprint density at radius 3 is 2.68 bits per heavy atom. The summed E-state index contributed by atoms with van der Waals surface area (Å²) in [6, 6.07) is 12.9. The quantitative estimate of drug-likeness (QED) is 0.579. The van der Waals surface area contributed by atoms with Crippen molar-refractivity contribution >= 4 is 17.4 Å². The first-order valence-electron chi connectivity index (χ1n) is 9.51. The number of halogens is 1. The van der Waals surface area contributed by atoms with Gasteiger partial charge in [0, 0.05) is 41.2 Å². The first-order valence-corrected chi connectivity index (χ1v) is 9.89. The molecule has 2 heterocycles. The van der Waals surface area contributed by atoms with Crippen LogP contribution in [0.5, 0.6) is 0 Å². The lowest BCUT2D eigenvalue weighted by molar-refractivity contribution is 0.0854. The van der Waals surface area contributed by atoms with E-state index < -0.39 is 0 Å². The molecule has 1 fully saturated rings. The number of rotatable bonds is 6. The summed E-state index contributed by atoms with van der Waals surface area (Å²) in [5.41, 5.74) is 3.58. The topological polar surface area (TPSA) is 52.0 Å².